The van der Waals surface area contributed by atoms with E-state index in [1.807, 2.05) is 0 Å². The van der Waals surface area contributed by atoms with E-state index in [4.69, 9.17) is 10.5 Å². The summed E-state index contributed by atoms with van der Waals surface area (Å²) in [6.45, 7) is 4.83. The second kappa shape index (κ2) is 7.70. The molecule has 0 saturated heterocycles. The zero-order chi connectivity index (χ0) is 12.7. The molecule has 2 N–H and O–H groups in total. The maximum Gasteiger partial charge on any atom is 0.306 e. The van der Waals surface area contributed by atoms with E-state index in [-0.39, 0.29) is 18.0 Å². The van der Waals surface area contributed by atoms with Gasteiger partial charge in [-0.25, -0.2) is 0 Å². The van der Waals surface area contributed by atoms with Crippen molar-refractivity contribution in [3.05, 3.63) is 0 Å². The topological polar surface area (TPSA) is 52.3 Å². The molecule has 3 atom stereocenters. The molecule has 1 aliphatic rings. The third-order valence-electron chi connectivity index (χ3n) is 4.01. The van der Waals surface area contributed by atoms with Crippen molar-refractivity contribution in [1.82, 2.24) is 0 Å². The lowest BCUT2D eigenvalue weighted by Crippen LogP contribution is -2.31. The van der Waals surface area contributed by atoms with Crippen LogP contribution in [0.4, 0.5) is 0 Å². The Balaban J connectivity index is 2.38. The molecule has 0 amide bonds. The highest BCUT2D eigenvalue weighted by molar-refractivity contribution is 5.69. The lowest BCUT2D eigenvalue weighted by atomic mass is 9.84. The molecule has 0 bridgehead atoms. The van der Waals surface area contributed by atoms with E-state index in [1.165, 1.54) is 19.3 Å². The van der Waals surface area contributed by atoms with Crippen LogP contribution in [0.3, 0.4) is 0 Å². The molecule has 100 valence electrons. The van der Waals surface area contributed by atoms with Crippen LogP contribution in [0.2, 0.25) is 0 Å². The molecule has 3 nitrogen and oxygen atoms in total. The number of nitrogens with two attached hydrogens (primary N) is 1. The predicted molar refractivity (Wildman–Crippen MR) is 69.6 cm³/mol. The van der Waals surface area contributed by atoms with Gasteiger partial charge >= 0.3 is 5.97 Å². The number of ether oxygens (including phenoxy) is 1. The Morgan fingerprint density at radius 3 is 2.65 bits per heavy atom. The summed E-state index contributed by atoms with van der Waals surface area (Å²) in [5.74, 6) is 0.810. The highest BCUT2D eigenvalue weighted by atomic mass is 16.5. The molecule has 0 aromatic carbocycles. The van der Waals surface area contributed by atoms with Gasteiger partial charge in [-0.3, -0.25) is 4.79 Å². The first-order valence-corrected chi connectivity index (χ1v) is 7.10. The summed E-state index contributed by atoms with van der Waals surface area (Å²) in [7, 11) is 0. The fraction of sp³-hybridized carbons (Fsp3) is 0.929. The van der Waals surface area contributed by atoms with Crippen LogP contribution in [0, 0.1) is 11.8 Å². The van der Waals surface area contributed by atoms with Crippen LogP contribution in [0.15, 0.2) is 0 Å². The number of carbonyl (C=O) groups is 1. The summed E-state index contributed by atoms with van der Waals surface area (Å²) in [5.41, 5.74) is 5.61. The van der Waals surface area contributed by atoms with Gasteiger partial charge in [-0.2, -0.15) is 0 Å². The van der Waals surface area contributed by atoms with Crippen molar-refractivity contribution in [3.63, 3.8) is 0 Å². The minimum Gasteiger partial charge on any atom is -0.462 e. The number of hydrogen-bond acceptors (Lipinski definition) is 3. The summed E-state index contributed by atoms with van der Waals surface area (Å²) < 4.78 is 5.63. The van der Waals surface area contributed by atoms with Crippen LogP contribution in [-0.4, -0.2) is 18.6 Å². The summed E-state index contributed by atoms with van der Waals surface area (Å²) in [6.07, 6.45) is 7.46. The Bertz CT molecular complexity index is 226. The highest BCUT2D eigenvalue weighted by Gasteiger charge is 2.27. The summed E-state index contributed by atoms with van der Waals surface area (Å²) in [6, 6.07) is 0. The molecular formula is C14H27NO2. The van der Waals surface area contributed by atoms with Crippen LogP contribution >= 0.6 is 0 Å². The minimum atomic E-state index is -0.0485. The van der Waals surface area contributed by atoms with Crippen molar-refractivity contribution in [2.75, 3.05) is 6.54 Å². The van der Waals surface area contributed by atoms with Crippen LogP contribution < -0.4 is 5.73 Å². The van der Waals surface area contributed by atoms with Crippen LogP contribution in [0.1, 0.15) is 58.8 Å². The summed E-state index contributed by atoms with van der Waals surface area (Å²) >= 11 is 0. The van der Waals surface area contributed by atoms with Crippen molar-refractivity contribution < 1.29 is 9.53 Å². The SMILES string of the molecule is CCC(CN)CC(=O)OC1CCCCC1CC. The Kier molecular flexibility index (Phi) is 6.56. The fourth-order valence-electron chi connectivity index (χ4n) is 2.64. The van der Waals surface area contributed by atoms with Crippen LogP contribution in [0.25, 0.3) is 0 Å². The van der Waals surface area contributed by atoms with Gasteiger partial charge in [0.2, 0.25) is 0 Å². The summed E-state index contributed by atoms with van der Waals surface area (Å²) in [4.78, 5) is 11.8. The lowest BCUT2D eigenvalue weighted by molar-refractivity contribution is -0.154. The van der Waals surface area contributed by atoms with E-state index in [9.17, 15) is 4.79 Å². The average molecular weight is 241 g/mol. The average Bonchev–Trinajstić information content (AvgIpc) is 2.36. The van der Waals surface area contributed by atoms with E-state index in [1.54, 1.807) is 0 Å². The van der Waals surface area contributed by atoms with Gasteiger partial charge in [-0.15, -0.1) is 0 Å². The zero-order valence-corrected chi connectivity index (χ0v) is 11.3. The molecule has 1 fully saturated rings. The van der Waals surface area contributed by atoms with Gasteiger partial charge in [-0.1, -0.05) is 26.7 Å². The molecule has 1 rings (SSSR count). The Hall–Kier alpha value is -0.570. The normalized spacial score (nSPS) is 26.5. The fourth-order valence-corrected chi connectivity index (χ4v) is 2.64. The number of carbonyl (C=O) groups excluding carboxylic acids is 1. The van der Waals surface area contributed by atoms with Crippen molar-refractivity contribution in [3.8, 4) is 0 Å². The van der Waals surface area contributed by atoms with Gasteiger partial charge in [0.1, 0.15) is 6.10 Å². The molecule has 1 saturated carbocycles. The van der Waals surface area contributed by atoms with E-state index in [2.05, 4.69) is 13.8 Å². The van der Waals surface area contributed by atoms with E-state index < -0.39 is 0 Å². The molecule has 0 radical (unpaired) electrons. The van der Waals surface area contributed by atoms with Gasteiger partial charge in [0, 0.05) is 6.42 Å². The molecule has 0 heterocycles. The monoisotopic (exact) mass is 241 g/mol. The second-order valence-electron chi connectivity index (χ2n) is 5.20. The quantitative estimate of drug-likeness (QED) is 0.727. The first kappa shape index (κ1) is 14.5. The van der Waals surface area contributed by atoms with Crippen molar-refractivity contribution in [2.24, 2.45) is 17.6 Å². The first-order chi connectivity index (χ1) is 8.21. The molecule has 17 heavy (non-hydrogen) atoms. The maximum atomic E-state index is 11.8. The van der Waals surface area contributed by atoms with Gasteiger partial charge in [0.25, 0.3) is 0 Å². The van der Waals surface area contributed by atoms with E-state index in [0.717, 1.165) is 19.3 Å². The molecule has 3 unspecified atom stereocenters. The Morgan fingerprint density at radius 2 is 2.06 bits per heavy atom. The van der Waals surface area contributed by atoms with Crippen LogP contribution in [-0.2, 0) is 9.53 Å². The summed E-state index contributed by atoms with van der Waals surface area (Å²) in [5, 5.41) is 0. The predicted octanol–water partition coefficient (Wildman–Crippen LogP) is 2.87. The largest absolute Gasteiger partial charge is 0.462 e. The van der Waals surface area contributed by atoms with Gasteiger partial charge in [0.15, 0.2) is 0 Å². The molecule has 0 aliphatic heterocycles. The minimum absolute atomic E-state index is 0.0485. The molecule has 3 heteroatoms. The first-order valence-electron chi connectivity index (χ1n) is 7.10. The second-order valence-corrected chi connectivity index (χ2v) is 5.20. The third kappa shape index (κ3) is 4.66. The Labute approximate surface area is 105 Å². The van der Waals surface area contributed by atoms with Gasteiger partial charge < -0.3 is 10.5 Å². The van der Waals surface area contributed by atoms with Gasteiger partial charge in [-0.05, 0) is 44.1 Å². The molecule has 0 spiro atoms. The standard InChI is InChI=1S/C14H27NO2/c1-3-11(10-15)9-14(16)17-13-8-6-5-7-12(13)4-2/h11-13H,3-10,15H2,1-2H3. The molecule has 0 aromatic heterocycles. The number of hydrogen-bond donors (Lipinski definition) is 1. The van der Waals surface area contributed by atoms with E-state index >= 15 is 0 Å². The third-order valence-corrected chi connectivity index (χ3v) is 4.01. The van der Waals surface area contributed by atoms with Crippen molar-refractivity contribution in [2.45, 2.75) is 64.9 Å². The Morgan fingerprint density at radius 1 is 1.35 bits per heavy atom. The van der Waals surface area contributed by atoms with E-state index in [0.29, 0.717) is 18.9 Å². The highest BCUT2D eigenvalue weighted by Crippen LogP contribution is 2.29. The number of rotatable bonds is 6. The lowest BCUT2D eigenvalue weighted by Gasteiger charge is -2.30. The smallest absolute Gasteiger partial charge is 0.306 e. The van der Waals surface area contributed by atoms with Crippen molar-refractivity contribution >= 4 is 5.97 Å². The van der Waals surface area contributed by atoms with Gasteiger partial charge in [0.05, 0.1) is 0 Å². The molecule has 1 aliphatic carbocycles. The maximum absolute atomic E-state index is 11.8. The molecular weight excluding hydrogens is 214 g/mol. The number of esters is 1. The zero-order valence-electron chi connectivity index (χ0n) is 11.3. The van der Waals surface area contributed by atoms with Crippen LogP contribution in [0.5, 0.6) is 0 Å². The molecule has 0 aromatic rings. The van der Waals surface area contributed by atoms with Crippen molar-refractivity contribution in [1.29, 1.82) is 0 Å².